The Morgan fingerprint density at radius 3 is 2.21 bits per heavy atom. The van der Waals surface area contributed by atoms with Gasteiger partial charge in [-0.2, -0.15) is 5.26 Å². The summed E-state index contributed by atoms with van der Waals surface area (Å²) in [6.45, 7) is 0.159. The zero-order chi connectivity index (χ0) is 20.5. The van der Waals surface area contributed by atoms with Gasteiger partial charge in [0.25, 0.3) is 5.91 Å². The van der Waals surface area contributed by atoms with Crippen LogP contribution in [0, 0.1) is 17.1 Å². The molecule has 29 heavy (non-hydrogen) atoms. The minimum Gasteiger partial charge on any atom is -0.489 e. The van der Waals surface area contributed by atoms with E-state index in [9.17, 15) is 14.4 Å². The summed E-state index contributed by atoms with van der Waals surface area (Å²) in [4.78, 5) is 12.1. The minimum atomic E-state index is -1.08. The Morgan fingerprint density at radius 2 is 1.55 bits per heavy atom. The summed E-state index contributed by atoms with van der Waals surface area (Å²) in [5, 5.41) is 11.7. The molecule has 3 rings (SSSR count). The molecule has 0 heterocycles. The highest BCUT2D eigenvalue weighted by Crippen LogP contribution is 2.19. The Kier molecular flexibility index (Phi) is 6.80. The first-order chi connectivity index (χ1) is 14.2. The van der Waals surface area contributed by atoms with Crippen LogP contribution in [-0.4, -0.2) is 12.5 Å². The number of nitriles is 1. The van der Waals surface area contributed by atoms with Crippen molar-refractivity contribution in [3.05, 3.63) is 95.8 Å². The molecular weight excluding hydrogens is 371 g/mol. The second-order valence-corrected chi connectivity index (χ2v) is 6.19. The molecule has 146 valence electrons. The van der Waals surface area contributed by atoms with Gasteiger partial charge in [0, 0.05) is 5.56 Å². The van der Waals surface area contributed by atoms with E-state index in [4.69, 9.17) is 9.47 Å². The first-order valence-electron chi connectivity index (χ1n) is 8.98. The fraction of sp³-hybridized carbons (Fsp3) is 0.130. The molecule has 3 aromatic carbocycles. The number of hydrogen-bond acceptors (Lipinski definition) is 4. The Bertz CT molecular complexity index is 985. The lowest BCUT2D eigenvalue weighted by Crippen LogP contribution is -2.32. The van der Waals surface area contributed by atoms with Gasteiger partial charge in [-0.05, 0) is 35.9 Å². The molecule has 1 atom stereocenters. The van der Waals surface area contributed by atoms with Crippen LogP contribution in [0.3, 0.4) is 0 Å². The van der Waals surface area contributed by atoms with Gasteiger partial charge in [0.2, 0.25) is 0 Å². The SMILES string of the molecule is N#CC(NC(=O)COc1ccc(OCc2ccccc2)cc1)c1ccccc1F. The lowest BCUT2D eigenvalue weighted by atomic mass is 10.1. The quantitative estimate of drug-likeness (QED) is 0.627. The molecule has 1 N–H and O–H groups in total. The molecule has 0 aromatic heterocycles. The third kappa shape index (κ3) is 5.81. The van der Waals surface area contributed by atoms with Gasteiger partial charge < -0.3 is 14.8 Å². The van der Waals surface area contributed by atoms with Crippen LogP contribution in [0.15, 0.2) is 78.9 Å². The molecule has 1 amide bonds. The lowest BCUT2D eigenvalue weighted by molar-refractivity contribution is -0.123. The van der Waals surface area contributed by atoms with Crippen LogP contribution in [0.25, 0.3) is 0 Å². The van der Waals surface area contributed by atoms with E-state index >= 15 is 0 Å². The monoisotopic (exact) mass is 390 g/mol. The maximum atomic E-state index is 13.8. The molecule has 0 saturated heterocycles. The van der Waals surface area contributed by atoms with E-state index in [1.165, 1.54) is 18.2 Å². The maximum Gasteiger partial charge on any atom is 0.259 e. The van der Waals surface area contributed by atoms with Gasteiger partial charge in [-0.15, -0.1) is 0 Å². The number of carbonyl (C=O) groups excluding carboxylic acids is 1. The smallest absolute Gasteiger partial charge is 0.259 e. The van der Waals surface area contributed by atoms with Crippen LogP contribution < -0.4 is 14.8 Å². The average Bonchev–Trinajstić information content (AvgIpc) is 2.76. The van der Waals surface area contributed by atoms with E-state index in [1.54, 1.807) is 30.3 Å². The Hall–Kier alpha value is -3.85. The van der Waals surface area contributed by atoms with Crippen LogP contribution in [0.4, 0.5) is 4.39 Å². The van der Waals surface area contributed by atoms with Gasteiger partial charge in [-0.3, -0.25) is 4.79 Å². The summed E-state index contributed by atoms with van der Waals surface area (Å²) in [5.74, 6) is 0.0805. The summed E-state index contributed by atoms with van der Waals surface area (Å²) in [6, 6.07) is 23.3. The molecule has 0 aliphatic heterocycles. The van der Waals surface area contributed by atoms with Crippen molar-refractivity contribution in [3.8, 4) is 17.6 Å². The minimum absolute atomic E-state index is 0.114. The molecule has 0 aliphatic rings. The molecule has 0 radical (unpaired) electrons. The van der Waals surface area contributed by atoms with E-state index in [-0.39, 0.29) is 12.2 Å². The normalized spacial score (nSPS) is 11.2. The Labute approximate surface area is 168 Å². The summed E-state index contributed by atoms with van der Waals surface area (Å²) in [7, 11) is 0. The van der Waals surface area contributed by atoms with Crippen LogP contribution >= 0.6 is 0 Å². The third-order valence-corrected chi connectivity index (χ3v) is 4.09. The van der Waals surface area contributed by atoms with Gasteiger partial charge in [0.05, 0.1) is 6.07 Å². The molecule has 0 spiro atoms. The summed E-state index contributed by atoms with van der Waals surface area (Å²) in [6.07, 6.45) is 0. The highest BCUT2D eigenvalue weighted by Gasteiger charge is 2.17. The van der Waals surface area contributed by atoms with Gasteiger partial charge >= 0.3 is 0 Å². The highest BCUT2D eigenvalue weighted by atomic mass is 19.1. The van der Waals surface area contributed by atoms with Crippen molar-refractivity contribution in [1.29, 1.82) is 5.26 Å². The fourth-order valence-corrected chi connectivity index (χ4v) is 2.61. The number of nitrogens with zero attached hydrogens (tertiary/aromatic N) is 1. The second kappa shape index (κ2) is 9.90. The number of carbonyl (C=O) groups is 1. The van der Waals surface area contributed by atoms with Gasteiger partial charge in [0.15, 0.2) is 6.61 Å². The number of benzene rings is 3. The van der Waals surface area contributed by atoms with Crippen molar-refractivity contribution in [2.75, 3.05) is 6.61 Å². The van der Waals surface area contributed by atoms with E-state index in [0.29, 0.717) is 18.1 Å². The first kappa shape index (κ1) is 19.9. The predicted octanol–water partition coefficient (Wildman–Crippen LogP) is 4.16. The predicted molar refractivity (Wildman–Crippen MR) is 106 cm³/mol. The van der Waals surface area contributed by atoms with E-state index in [0.717, 1.165) is 5.56 Å². The Balaban J connectivity index is 1.48. The van der Waals surface area contributed by atoms with Gasteiger partial charge in [0.1, 0.15) is 30.0 Å². The van der Waals surface area contributed by atoms with Crippen molar-refractivity contribution in [1.82, 2.24) is 5.32 Å². The molecular formula is C23H19FN2O3. The van der Waals surface area contributed by atoms with E-state index in [1.807, 2.05) is 36.4 Å². The second-order valence-electron chi connectivity index (χ2n) is 6.19. The maximum absolute atomic E-state index is 13.8. The topological polar surface area (TPSA) is 71.4 Å². The van der Waals surface area contributed by atoms with E-state index < -0.39 is 17.8 Å². The standard InChI is InChI=1S/C23H19FN2O3/c24-21-9-5-4-8-20(21)22(14-25)26-23(27)16-29-19-12-10-18(11-13-19)28-15-17-6-2-1-3-7-17/h1-13,22H,15-16H2,(H,26,27). The van der Waals surface area contributed by atoms with Crippen LogP contribution in [0.5, 0.6) is 11.5 Å². The zero-order valence-corrected chi connectivity index (χ0v) is 15.5. The largest absolute Gasteiger partial charge is 0.489 e. The third-order valence-electron chi connectivity index (χ3n) is 4.09. The number of amides is 1. The van der Waals surface area contributed by atoms with Crippen molar-refractivity contribution in [2.24, 2.45) is 0 Å². The van der Waals surface area contributed by atoms with Crippen molar-refractivity contribution in [3.63, 3.8) is 0 Å². The Morgan fingerprint density at radius 1 is 0.931 bits per heavy atom. The van der Waals surface area contributed by atoms with Crippen molar-refractivity contribution < 1.29 is 18.7 Å². The summed E-state index contributed by atoms with van der Waals surface area (Å²) >= 11 is 0. The summed E-state index contributed by atoms with van der Waals surface area (Å²) in [5.41, 5.74) is 1.18. The number of hydrogen-bond donors (Lipinski definition) is 1. The van der Waals surface area contributed by atoms with Crippen molar-refractivity contribution in [2.45, 2.75) is 12.6 Å². The fourth-order valence-electron chi connectivity index (χ4n) is 2.61. The lowest BCUT2D eigenvalue weighted by Gasteiger charge is -2.13. The van der Waals surface area contributed by atoms with Crippen LogP contribution in [-0.2, 0) is 11.4 Å². The van der Waals surface area contributed by atoms with Crippen molar-refractivity contribution >= 4 is 5.91 Å². The molecule has 0 saturated carbocycles. The zero-order valence-electron chi connectivity index (χ0n) is 15.5. The molecule has 6 heteroatoms. The molecule has 1 unspecified atom stereocenters. The molecule has 0 bridgehead atoms. The highest BCUT2D eigenvalue weighted by molar-refractivity contribution is 5.78. The number of halogens is 1. The van der Waals surface area contributed by atoms with Gasteiger partial charge in [-0.25, -0.2) is 4.39 Å². The number of ether oxygens (including phenoxy) is 2. The van der Waals surface area contributed by atoms with Gasteiger partial charge in [-0.1, -0.05) is 48.5 Å². The molecule has 3 aromatic rings. The average molecular weight is 390 g/mol. The number of rotatable bonds is 8. The molecule has 0 aliphatic carbocycles. The molecule has 0 fully saturated rings. The first-order valence-corrected chi connectivity index (χ1v) is 8.98. The summed E-state index contributed by atoms with van der Waals surface area (Å²) < 4.78 is 24.9. The van der Waals surface area contributed by atoms with Crippen LogP contribution in [0.1, 0.15) is 17.2 Å². The van der Waals surface area contributed by atoms with Crippen LogP contribution in [0.2, 0.25) is 0 Å². The number of nitrogens with one attached hydrogen (secondary N) is 1. The van der Waals surface area contributed by atoms with E-state index in [2.05, 4.69) is 5.32 Å². The molecule has 5 nitrogen and oxygen atoms in total.